The molecule has 0 spiro atoms. The summed E-state index contributed by atoms with van der Waals surface area (Å²) in [6.45, 7) is 1.56. The van der Waals surface area contributed by atoms with Crippen molar-refractivity contribution in [2.75, 3.05) is 5.32 Å². The normalized spacial score (nSPS) is 11.4. The van der Waals surface area contributed by atoms with Gasteiger partial charge in [-0.1, -0.05) is 28.1 Å². The zero-order chi connectivity index (χ0) is 20.5. The largest absolute Gasteiger partial charge is 0.416 e. The molecule has 0 fully saturated rings. The van der Waals surface area contributed by atoms with Crippen molar-refractivity contribution >= 4 is 27.5 Å². The Morgan fingerprint density at radius 3 is 2.36 bits per heavy atom. The SMILES string of the molecule is Cc1nc(-c2ccc(C(F)(F)F)cc2)ncc1C(=O)Nc1ccc(Br)cc1F. The minimum absolute atomic E-state index is 0.000541. The number of carbonyl (C=O) groups is 1. The maximum Gasteiger partial charge on any atom is 0.416 e. The highest BCUT2D eigenvalue weighted by atomic mass is 79.9. The smallest absolute Gasteiger partial charge is 0.319 e. The standard InChI is InChI=1S/C19H12BrF4N3O/c1-10-14(18(28)27-16-7-6-13(20)8-15(16)21)9-25-17(26-10)11-2-4-12(5-3-11)19(22,23)24/h2-9H,1H3,(H,27,28). The van der Waals surface area contributed by atoms with Gasteiger partial charge in [-0.25, -0.2) is 14.4 Å². The first-order valence-electron chi connectivity index (χ1n) is 7.93. The van der Waals surface area contributed by atoms with Crippen molar-refractivity contribution in [3.05, 3.63) is 75.8 Å². The third-order valence-corrected chi connectivity index (χ3v) is 4.37. The van der Waals surface area contributed by atoms with Crippen LogP contribution in [0.1, 0.15) is 21.6 Å². The number of amides is 1. The quantitative estimate of drug-likeness (QED) is 0.523. The lowest BCUT2D eigenvalue weighted by Crippen LogP contribution is -2.16. The summed E-state index contributed by atoms with van der Waals surface area (Å²) in [5.41, 5.74) is 0.0276. The van der Waals surface area contributed by atoms with Gasteiger partial charge in [0.15, 0.2) is 5.82 Å². The maximum absolute atomic E-state index is 13.9. The van der Waals surface area contributed by atoms with Crippen LogP contribution in [0.25, 0.3) is 11.4 Å². The first-order chi connectivity index (χ1) is 13.1. The average Bonchev–Trinajstić information content (AvgIpc) is 2.63. The first kappa shape index (κ1) is 19.9. The molecule has 4 nitrogen and oxygen atoms in total. The number of nitrogens with zero attached hydrogens (tertiary/aromatic N) is 2. The molecule has 144 valence electrons. The Morgan fingerprint density at radius 1 is 1.11 bits per heavy atom. The van der Waals surface area contributed by atoms with Gasteiger partial charge in [0.2, 0.25) is 0 Å². The fraction of sp³-hybridized carbons (Fsp3) is 0.105. The molecule has 1 aromatic heterocycles. The maximum atomic E-state index is 13.9. The fourth-order valence-corrected chi connectivity index (χ4v) is 2.75. The monoisotopic (exact) mass is 453 g/mol. The molecule has 1 N–H and O–H groups in total. The molecule has 0 aliphatic heterocycles. The summed E-state index contributed by atoms with van der Waals surface area (Å²) >= 11 is 3.13. The average molecular weight is 454 g/mol. The van der Waals surface area contributed by atoms with Crippen LogP contribution in [0.4, 0.5) is 23.2 Å². The molecule has 3 rings (SSSR count). The van der Waals surface area contributed by atoms with Crippen LogP contribution >= 0.6 is 15.9 Å². The molecule has 9 heteroatoms. The molecule has 0 saturated carbocycles. The number of halogens is 5. The number of alkyl halides is 3. The Bertz CT molecular complexity index is 1040. The molecule has 1 heterocycles. The van der Waals surface area contributed by atoms with Crippen molar-refractivity contribution in [3.8, 4) is 11.4 Å². The summed E-state index contributed by atoms with van der Waals surface area (Å²) in [6, 6.07) is 8.59. The Kier molecular flexibility index (Phi) is 5.46. The molecule has 0 atom stereocenters. The van der Waals surface area contributed by atoms with E-state index in [9.17, 15) is 22.4 Å². The fourth-order valence-electron chi connectivity index (χ4n) is 2.42. The van der Waals surface area contributed by atoms with Gasteiger partial charge in [-0.15, -0.1) is 0 Å². The molecule has 0 radical (unpaired) electrons. The Morgan fingerprint density at radius 2 is 1.79 bits per heavy atom. The van der Waals surface area contributed by atoms with Crippen LogP contribution in [-0.4, -0.2) is 15.9 Å². The second-order valence-electron chi connectivity index (χ2n) is 5.85. The topological polar surface area (TPSA) is 54.9 Å². The van der Waals surface area contributed by atoms with Crippen molar-refractivity contribution < 1.29 is 22.4 Å². The summed E-state index contributed by atoms with van der Waals surface area (Å²) in [5.74, 6) is -1.03. The number of hydrogen-bond donors (Lipinski definition) is 1. The van der Waals surface area contributed by atoms with E-state index < -0.39 is 23.5 Å². The molecule has 0 bridgehead atoms. The Balaban J connectivity index is 1.83. The lowest BCUT2D eigenvalue weighted by molar-refractivity contribution is -0.137. The number of carbonyl (C=O) groups excluding carboxylic acids is 1. The second-order valence-corrected chi connectivity index (χ2v) is 6.76. The zero-order valence-corrected chi connectivity index (χ0v) is 15.9. The van der Waals surface area contributed by atoms with Crippen LogP contribution in [0, 0.1) is 12.7 Å². The molecular weight excluding hydrogens is 442 g/mol. The Labute approximate surface area is 165 Å². The van der Waals surface area contributed by atoms with E-state index in [-0.39, 0.29) is 17.1 Å². The predicted molar refractivity (Wildman–Crippen MR) is 99.3 cm³/mol. The van der Waals surface area contributed by atoms with Gasteiger partial charge in [-0.3, -0.25) is 4.79 Å². The molecular formula is C19H12BrF4N3O. The minimum Gasteiger partial charge on any atom is -0.319 e. The van der Waals surface area contributed by atoms with Gasteiger partial charge >= 0.3 is 6.18 Å². The molecule has 0 unspecified atom stereocenters. The van der Waals surface area contributed by atoms with Crippen LogP contribution in [-0.2, 0) is 6.18 Å². The number of nitrogens with one attached hydrogen (secondary N) is 1. The molecule has 0 aliphatic carbocycles. The van der Waals surface area contributed by atoms with Gasteiger partial charge in [0.25, 0.3) is 5.91 Å². The number of benzene rings is 2. The molecule has 0 saturated heterocycles. The Hall–Kier alpha value is -2.81. The molecule has 1 amide bonds. The highest BCUT2D eigenvalue weighted by Crippen LogP contribution is 2.30. The van der Waals surface area contributed by atoms with Crippen LogP contribution in [0.3, 0.4) is 0 Å². The van der Waals surface area contributed by atoms with Gasteiger partial charge in [0, 0.05) is 16.2 Å². The summed E-state index contributed by atoms with van der Waals surface area (Å²) in [4.78, 5) is 20.6. The highest BCUT2D eigenvalue weighted by Gasteiger charge is 2.30. The number of aromatic nitrogens is 2. The van der Waals surface area contributed by atoms with Crippen molar-refractivity contribution in [3.63, 3.8) is 0 Å². The summed E-state index contributed by atoms with van der Waals surface area (Å²) in [7, 11) is 0. The number of aryl methyl sites for hydroxylation is 1. The molecule has 28 heavy (non-hydrogen) atoms. The van der Waals surface area contributed by atoms with Crippen LogP contribution < -0.4 is 5.32 Å². The molecule has 2 aromatic carbocycles. The third-order valence-electron chi connectivity index (χ3n) is 3.87. The zero-order valence-electron chi connectivity index (χ0n) is 14.3. The number of anilines is 1. The van der Waals surface area contributed by atoms with Gasteiger partial charge < -0.3 is 5.32 Å². The van der Waals surface area contributed by atoms with E-state index in [1.807, 2.05) is 0 Å². The van der Waals surface area contributed by atoms with E-state index in [0.29, 0.717) is 15.7 Å². The van der Waals surface area contributed by atoms with Crippen molar-refractivity contribution in [1.29, 1.82) is 0 Å². The van der Waals surface area contributed by atoms with E-state index in [4.69, 9.17) is 0 Å². The van der Waals surface area contributed by atoms with Gasteiger partial charge in [-0.05, 0) is 37.3 Å². The van der Waals surface area contributed by atoms with Crippen LogP contribution in [0.2, 0.25) is 0 Å². The first-order valence-corrected chi connectivity index (χ1v) is 8.72. The lowest BCUT2D eigenvalue weighted by atomic mass is 10.1. The van der Waals surface area contributed by atoms with Crippen molar-refractivity contribution in [2.45, 2.75) is 13.1 Å². The van der Waals surface area contributed by atoms with Gasteiger partial charge in [0.05, 0.1) is 22.5 Å². The van der Waals surface area contributed by atoms with Crippen LogP contribution in [0.5, 0.6) is 0 Å². The summed E-state index contributed by atoms with van der Waals surface area (Å²) in [6.07, 6.45) is -3.18. The van der Waals surface area contributed by atoms with E-state index in [0.717, 1.165) is 12.1 Å². The van der Waals surface area contributed by atoms with Crippen molar-refractivity contribution in [1.82, 2.24) is 9.97 Å². The predicted octanol–water partition coefficient (Wildman–Crippen LogP) is 5.62. The number of rotatable bonds is 3. The van der Waals surface area contributed by atoms with Gasteiger partial charge in [-0.2, -0.15) is 13.2 Å². The van der Waals surface area contributed by atoms with Crippen molar-refractivity contribution in [2.24, 2.45) is 0 Å². The third kappa shape index (κ3) is 4.36. The summed E-state index contributed by atoms with van der Waals surface area (Å²) < 4.78 is 52.4. The van der Waals surface area contributed by atoms with E-state index in [1.165, 1.54) is 30.5 Å². The molecule has 0 aliphatic rings. The summed E-state index contributed by atoms with van der Waals surface area (Å²) in [5, 5.41) is 2.44. The van der Waals surface area contributed by atoms with Crippen LogP contribution in [0.15, 0.2) is 53.1 Å². The number of hydrogen-bond acceptors (Lipinski definition) is 3. The minimum atomic E-state index is -4.43. The second kappa shape index (κ2) is 7.67. The van der Waals surface area contributed by atoms with E-state index in [1.54, 1.807) is 13.0 Å². The highest BCUT2D eigenvalue weighted by molar-refractivity contribution is 9.10. The van der Waals surface area contributed by atoms with E-state index in [2.05, 4.69) is 31.2 Å². The lowest BCUT2D eigenvalue weighted by Gasteiger charge is -2.10. The van der Waals surface area contributed by atoms with E-state index >= 15 is 0 Å². The van der Waals surface area contributed by atoms with Gasteiger partial charge in [0.1, 0.15) is 5.82 Å². The molecule has 3 aromatic rings.